The molecule has 0 aromatic carbocycles. The van der Waals surface area contributed by atoms with Crippen LogP contribution in [-0.4, -0.2) is 43.9 Å². The zero-order chi connectivity index (χ0) is 15.7. The van der Waals surface area contributed by atoms with Crippen molar-refractivity contribution in [2.45, 2.75) is 39.5 Å². The molecule has 0 amide bonds. The Morgan fingerprint density at radius 3 is 2.91 bits per heavy atom. The minimum atomic E-state index is 0.0443. The van der Waals surface area contributed by atoms with Gasteiger partial charge in [0.25, 0.3) is 0 Å². The van der Waals surface area contributed by atoms with Gasteiger partial charge in [0.1, 0.15) is 11.9 Å². The predicted molar refractivity (Wildman–Crippen MR) is 84.5 cm³/mol. The molecule has 1 fully saturated rings. The monoisotopic (exact) mass is 303 g/mol. The highest BCUT2D eigenvalue weighted by atomic mass is 16.5. The SMILES string of the molecule is Cc1cn(C)c(C2CN(Cc3ccnn3C(C)C)CCO2)n1. The van der Waals surface area contributed by atoms with E-state index in [2.05, 4.69) is 44.1 Å². The van der Waals surface area contributed by atoms with E-state index in [0.717, 1.165) is 37.8 Å². The molecule has 0 spiro atoms. The van der Waals surface area contributed by atoms with E-state index in [-0.39, 0.29) is 6.10 Å². The van der Waals surface area contributed by atoms with Gasteiger partial charge in [0.2, 0.25) is 0 Å². The van der Waals surface area contributed by atoms with E-state index in [9.17, 15) is 0 Å². The van der Waals surface area contributed by atoms with Crippen molar-refractivity contribution in [2.75, 3.05) is 19.7 Å². The summed E-state index contributed by atoms with van der Waals surface area (Å²) >= 11 is 0. The molecule has 0 bridgehead atoms. The van der Waals surface area contributed by atoms with Gasteiger partial charge < -0.3 is 9.30 Å². The smallest absolute Gasteiger partial charge is 0.139 e. The van der Waals surface area contributed by atoms with Gasteiger partial charge in [0.05, 0.1) is 18.0 Å². The molecule has 1 saturated heterocycles. The second-order valence-corrected chi connectivity index (χ2v) is 6.31. The summed E-state index contributed by atoms with van der Waals surface area (Å²) in [6.07, 6.45) is 3.98. The highest BCUT2D eigenvalue weighted by Crippen LogP contribution is 2.23. The van der Waals surface area contributed by atoms with Gasteiger partial charge in [-0.1, -0.05) is 0 Å². The Balaban J connectivity index is 1.71. The van der Waals surface area contributed by atoms with E-state index >= 15 is 0 Å². The molecule has 1 unspecified atom stereocenters. The summed E-state index contributed by atoms with van der Waals surface area (Å²) in [7, 11) is 2.03. The zero-order valence-corrected chi connectivity index (χ0v) is 13.9. The minimum absolute atomic E-state index is 0.0443. The van der Waals surface area contributed by atoms with Crippen LogP contribution in [-0.2, 0) is 18.3 Å². The molecule has 3 rings (SSSR count). The molecule has 3 heterocycles. The van der Waals surface area contributed by atoms with Gasteiger partial charge in [-0.15, -0.1) is 0 Å². The maximum Gasteiger partial charge on any atom is 0.139 e. The van der Waals surface area contributed by atoms with Crippen molar-refractivity contribution in [3.05, 3.63) is 35.7 Å². The van der Waals surface area contributed by atoms with Crippen molar-refractivity contribution in [3.63, 3.8) is 0 Å². The summed E-state index contributed by atoms with van der Waals surface area (Å²) in [6.45, 7) is 9.81. The standard InChI is InChI=1S/C16H25N5O/c1-12(2)21-14(5-6-17-21)10-20-7-8-22-15(11-20)16-18-13(3)9-19(16)4/h5-6,9,12,15H,7-8,10-11H2,1-4H3. The Bertz CT molecular complexity index is 630. The molecule has 0 N–H and O–H groups in total. The first kappa shape index (κ1) is 15.2. The number of ether oxygens (including phenoxy) is 1. The third kappa shape index (κ3) is 3.08. The first-order valence-corrected chi connectivity index (χ1v) is 7.91. The Labute approximate surface area is 131 Å². The molecule has 2 aromatic heterocycles. The lowest BCUT2D eigenvalue weighted by Crippen LogP contribution is -2.39. The number of hydrogen-bond acceptors (Lipinski definition) is 4. The molecule has 1 aliphatic heterocycles. The second-order valence-electron chi connectivity index (χ2n) is 6.31. The molecule has 120 valence electrons. The van der Waals surface area contributed by atoms with Crippen LogP contribution in [0.3, 0.4) is 0 Å². The van der Waals surface area contributed by atoms with Crippen LogP contribution >= 0.6 is 0 Å². The molecule has 6 heteroatoms. The third-order valence-electron chi connectivity index (χ3n) is 4.10. The first-order chi connectivity index (χ1) is 10.5. The summed E-state index contributed by atoms with van der Waals surface area (Å²) in [5.41, 5.74) is 2.29. The van der Waals surface area contributed by atoms with E-state index < -0.39 is 0 Å². The molecule has 22 heavy (non-hydrogen) atoms. The van der Waals surface area contributed by atoms with Crippen LogP contribution in [0, 0.1) is 6.92 Å². The van der Waals surface area contributed by atoms with E-state index in [1.165, 1.54) is 5.69 Å². The summed E-state index contributed by atoms with van der Waals surface area (Å²) in [5.74, 6) is 1.01. The molecule has 0 radical (unpaired) electrons. The third-order valence-corrected chi connectivity index (χ3v) is 4.10. The van der Waals surface area contributed by atoms with Gasteiger partial charge in [-0.2, -0.15) is 5.10 Å². The Morgan fingerprint density at radius 1 is 1.41 bits per heavy atom. The second kappa shape index (κ2) is 6.22. The topological polar surface area (TPSA) is 48.1 Å². The molecule has 0 saturated carbocycles. The Morgan fingerprint density at radius 2 is 2.23 bits per heavy atom. The van der Waals surface area contributed by atoms with Crippen LogP contribution in [0.5, 0.6) is 0 Å². The number of nitrogens with zero attached hydrogens (tertiary/aromatic N) is 5. The number of aromatic nitrogens is 4. The molecule has 1 aliphatic rings. The maximum atomic E-state index is 5.94. The fraction of sp³-hybridized carbons (Fsp3) is 0.625. The van der Waals surface area contributed by atoms with Gasteiger partial charge in [-0.25, -0.2) is 4.98 Å². The highest BCUT2D eigenvalue weighted by molar-refractivity contribution is 5.06. The predicted octanol–water partition coefficient (Wildman–Crippen LogP) is 2.08. The summed E-state index contributed by atoms with van der Waals surface area (Å²) < 4.78 is 10.1. The first-order valence-electron chi connectivity index (χ1n) is 7.91. The molecular weight excluding hydrogens is 278 g/mol. The van der Waals surface area contributed by atoms with Crippen molar-refractivity contribution < 1.29 is 4.74 Å². The minimum Gasteiger partial charge on any atom is -0.368 e. The van der Waals surface area contributed by atoms with E-state index in [1.54, 1.807) is 0 Å². The average Bonchev–Trinajstić information content (AvgIpc) is 3.05. The molecule has 0 aliphatic carbocycles. The van der Waals surface area contributed by atoms with Crippen LogP contribution in [0.1, 0.15) is 43.2 Å². The van der Waals surface area contributed by atoms with Gasteiger partial charge in [-0.3, -0.25) is 9.58 Å². The van der Waals surface area contributed by atoms with Crippen molar-refractivity contribution in [1.29, 1.82) is 0 Å². The van der Waals surface area contributed by atoms with Crippen LogP contribution < -0.4 is 0 Å². The van der Waals surface area contributed by atoms with Gasteiger partial charge in [0, 0.05) is 45.1 Å². The zero-order valence-electron chi connectivity index (χ0n) is 13.9. The van der Waals surface area contributed by atoms with E-state index in [0.29, 0.717) is 6.04 Å². The summed E-state index contributed by atoms with van der Waals surface area (Å²) in [4.78, 5) is 7.03. The number of morpholine rings is 1. The quantitative estimate of drug-likeness (QED) is 0.867. The normalized spacial score (nSPS) is 20.0. The molecule has 1 atom stereocenters. The van der Waals surface area contributed by atoms with Crippen LogP contribution in [0.25, 0.3) is 0 Å². The van der Waals surface area contributed by atoms with E-state index in [1.807, 2.05) is 26.4 Å². The lowest BCUT2D eigenvalue weighted by molar-refractivity contribution is -0.0391. The highest BCUT2D eigenvalue weighted by Gasteiger charge is 2.26. The number of aryl methyl sites for hydroxylation is 2. The van der Waals surface area contributed by atoms with Crippen LogP contribution in [0.4, 0.5) is 0 Å². The largest absolute Gasteiger partial charge is 0.368 e. The van der Waals surface area contributed by atoms with Crippen LogP contribution in [0.15, 0.2) is 18.5 Å². The number of rotatable bonds is 4. The Kier molecular flexibility index (Phi) is 4.31. The average molecular weight is 303 g/mol. The van der Waals surface area contributed by atoms with Crippen molar-refractivity contribution in [3.8, 4) is 0 Å². The van der Waals surface area contributed by atoms with Gasteiger partial charge >= 0.3 is 0 Å². The summed E-state index contributed by atoms with van der Waals surface area (Å²) in [5, 5.41) is 4.42. The van der Waals surface area contributed by atoms with E-state index in [4.69, 9.17) is 4.74 Å². The Hall–Kier alpha value is -1.66. The molecule has 6 nitrogen and oxygen atoms in total. The van der Waals surface area contributed by atoms with Crippen molar-refractivity contribution in [2.24, 2.45) is 7.05 Å². The molecule has 2 aromatic rings. The van der Waals surface area contributed by atoms with Gasteiger partial charge in [0.15, 0.2) is 0 Å². The summed E-state index contributed by atoms with van der Waals surface area (Å²) in [6, 6.07) is 2.49. The van der Waals surface area contributed by atoms with Crippen LogP contribution in [0.2, 0.25) is 0 Å². The fourth-order valence-electron chi connectivity index (χ4n) is 3.10. The lowest BCUT2D eigenvalue weighted by atomic mass is 10.2. The lowest BCUT2D eigenvalue weighted by Gasteiger charge is -2.32. The van der Waals surface area contributed by atoms with Gasteiger partial charge in [-0.05, 0) is 26.8 Å². The number of hydrogen-bond donors (Lipinski definition) is 0. The number of imidazole rings is 1. The molecular formula is C16H25N5O. The fourth-order valence-corrected chi connectivity index (χ4v) is 3.10. The van der Waals surface area contributed by atoms with Crippen molar-refractivity contribution in [1.82, 2.24) is 24.2 Å². The van der Waals surface area contributed by atoms with Crippen molar-refractivity contribution >= 4 is 0 Å². The maximum absolute atomic E-state index is 5.94.